The van der Waals surface area contributed by atoms with E-state index in [9.17, 15) is 9.90 Å². The third-order valence-corrected chi connectivity index (χ3v) is 3.80. The van der Waals surface area contributed by atoms with Crippen LogP contribution in [-0.2, 0) is 0 Å². The monoisotopic (exact) mass is 294 g/mol. The number of hydrogen-bond acceptors (Lipinski definition) is 2. The lowest BCUT2D eigenvalue weighted by molar-refractivity contribution is 0.104. The van der Waals surface area contributed by atoms with Crippen molar-refractivity contribution in [3.05, 3.63) is 70.3 Å². The van der Waals surface area contributed by atoms with Gasteiger partial charge in [-0.1, -0.05) is 44.2 Å². The fraction of sp³-hybridized carbons (Fsp3) is 0.250. The highest BCUT2D eigenvalue weighted by Crippen LogP contribution is 2.23. The van der Waals surface area contributed by atoms with E-state index in [1.807, 2.05) is 50.2 Å². The summed E-state index contributed by atoms with van der Waals surface area (Å²) >= 11 is 0. The van der Waals surface area contributed by atoms with E-state index in [2.05, 4.69) is 13.8 Å². The quantitative estimate of drug-likeness (QED) is 0.634. The molecule has 0 fully saturated rings. The first-order valence-corrected chi connectivity index (χ1v) is 7.51. The molecular weight excluding hydrogens is 272 g/mol. The largest absolute Gasteiger partial charge is 0.507 e. The molecule has 0 saturated carbocycles. The molecule has 0 amide bonds. The van der Waals surface area contributed by atoms with Crippen LogP contribution < -0.4 is 0 Å². The van der Waals surface area contributed by atoms with Crippen LogP contribution >= 0.6 is 0 Å². The van der Waals surface area contributed by atoms with Crippen molar-refractivity contribution in [3.63, 3.8) is 0 Å². The van der Waals surface area contributed by atoms with Crippen molar-refractivity contribution < 1.29 is 9.90 Å². The maximum Gasteiger partial charge on any atom is 0.185 e. The number of hydrogen-bond donors (Lipinski definition) is 1. The van der Waals surface area contributed by atoms with Gasteiger partial charge in [-0.2, -0.15) is 0 Å². The number of phenols is 1. The summed E-state index contributed by atoms with van der Waals surface area (Å²) in [5.41, 5.74) is 4.46. The zero-order valence-corrected chi connectivity index (χ0v) is 13.6. The number of carbonyl (C=O) groups is 1. The van der Waals surface area contributed by atoms with Gasteiger partial charge in [-0.25, -0.2) is 0 Å². The molecule has 0 aliphatic rings. The zero-order chi connectivity index (χ0) is 16.3. The normalized spacial score (nSPS) is 11.3. The molecule has 0 saturated heterocycles. The third-order valence-electron chi connectivity index (χ3n) is 3.80. The number of aromatic hydroxyl groups is 1. The lowest BCUT2D eigenvalue weighted by atomic mass is 10.00. The number of phenolic OH excluding ortho intramolecular Hbond substituents is 1. The van der Waals surface area contributed by atoms with Crippen LogP contribution in [0.5, 0.6) is 5.75 Å². The smallest absolute Gasteiger partial charge is 0.185 e. The lowest BCUT2D eigenvalue weighted by Gasteiger charge is -2.06. The first kappa shape index (κ1) is 16.0. The SMILES string of the molecule is Cc1cc(/C=C/C(=O)c2ccc(C(C)C)cc2)cc(C)c1O. The standard InChI is InChI=1S/C20H22O2/c1-13(2)17-6-8-18(9-7-17)19(21)10-5-16-11-14(3)20(22)15(4)12-16/h5-13,22H,1-4H3/b10-5+. The van der Waals surface area contributed by atoms with Gasteiger partial charge in [-0.05, 0) is 60.2 Å². The molecule has 2 nitrogen and oxygen atoms in total. The molecule has 2 heteroatoms. The highest BCUT2D eigenvalue weighted by atomic mass is 16.3. The molecule has 0 bridgehead atoms. The van der Waals surface area contributed by atoms with Gasteiger partial charge < -0.3 is 5.11 Å². The van der Waals surface area contributed by atoms with E-state index in [1.54, 1.807) is 12.2 Å². The topological polar surface area (TPSA) is 37.3 Å². The Balaban J connectivity index is 2.17. The van der Waals surface area contributed by atoms with E-state index in [-0.39, 0.29) is 5.78 Å². The van der Waals surface area contributed by atoms with Gasteiger partial charge in [0.05, 0.1) is 0 Å². The molecular formula is C20H22O2. The van der Waals surface area contributed by atoms with Crippen LogP contribution in [0.4, 0.5) is 0 Å². The van der Waals surface area contributed by atoms with E-state index in [1.165, 1.54) is 5.56 Å². The average Bonchev–Trinajstić information content (AvgIpc) is 2.50. The van der Waals surface area contributed by atoms with E-state index in [0.717, 1.165) is 16.7 Å². The number of carbonyl (C=O) groups excluding carboxylic acids is 1. The number of benzene rings is 2. The molecule has 0 aliphatic carbocycles. The minimum Gasteiger partial charge on any atom is -0.507 e. The molecule has 0 aromatic heterocycles. The van der Waals surface area contributed by atoms with E-state index in [4.69, 9.17) is 0 Å². The van der Waals surface area contributed by atoms with Crippen LogP contribution in [-0.4, -0.2) is 10.9 Å². The summed E-state index contributed by atoms with van der Waals surface area (Å²) in [7, 11) is 0. The predicted octanol–water partition coefficient (Wildman–Crippen LogP) is 5.03. The Bertz CT molecular complexity index is 684. The van der Waals surface area contributed by atoms with Crippen molar-refractivity contribution in [1.29, 1.82) is 0 Å². The van der Waals surface area contributed by atoms with E-state index in [0.29, 0.717) is 17.2 Å². The average molecular weight is 294 g/mol. The van der Waals surface area contributed by atoms with Gasteiger partial charge >= 0.3 is 0 Å². The van der Waals surface area contributed by atoms with Crippen molar-refractivity contribution in [2.75, 3.05) is 0 Å². The Morgan fingerprint density at radius 3 is 2.09 bits per heavy atom. The van der Waals surface area contributed by atoms with Crippen molar-refractivity contribution in [2.24, 2.45) is 0 Å². The van der Waals surface area contributed by atoms with Crippen molar-refractivity contribution in [2.45, 2.75) is 33.6 Å². The van der Waals surface area contributed by atoms with Crippen LogP contribution in [0.15, 0.2) is 42.5 Å². The molecule has 0 unspecified atom stereocenters. The highest BCUT2D eigenvalue weighted by Gasteiger charge is 2.05. The molecule has 0 radical (unpaired) electrons. The third kappa shape index (κ3) is 3.64. The first-order chi connectivity index (χ1) is 10.4. The number of rotatable bonds is 4. The summed E-state index contributed by atoms with van der Waals surface area (Å²) in [6, 6.07) is 11.5. The summed E-state index contributed by atoms with van der Waals surface area (Å²) in [6.45, 7) is 7.97. The second kappa shape index (κ2) is 6.61. The van der Waals surface area contributed by atoms with Gasteiger partial charge in [0.15, 0.2) is 5.78 Å². The lowest BCUT2D eigenvalue weighted by Crippen LogP contribution is -1.95. The molecule has 2 aromatic carbocycles. The fourth-order valence-corrected chi connectivity index (χ4v) is 2.39. The maximum atomic E-state index is 12.2. The Morgan fingerprint density at radius 1 is 1.05 bits per heavy atom. The second-order valence-electron chi connectivity index (χ2n) is 5.98. The Hall–Kier alpha value is -2.35. The Kier molecular flexibility index (Phi) is 4.81. The van der Waals surface area contributed by atoms with Crippen molar-refractivity contribution in [1.82, 2.24) is 0 Å². The summed E-state index contributed by atoms with van der Waals surface area (Å²) in [6.07, 6.45) is 3.37. The van der Waals surface area contributed by atoms with Crippen LogP contribution in [0.1, 0.15) is 52.4 Å². The molecule has 0 atom stereocenters. The van der Waals surface area contributed by atoms with Crippen LogP contribution in [0.25, 0.3) is 6.08 Å². The predicted molar refractivity (Wildman–Crippen MR) is 91.5 cm³/mol. The van der Waals surface area contributed by atoms with Crippen molar-refractivity contribution in [3.8, 4) is 5.75 Å². The summed E-state index contributed by atoms with van der Waals surface area (Å²) in [4.78, 5) is 12.2. The molecule has 2 aromatic rings. The second-order valence-corrected chi connectivity index (χ2v) is 5.98. The molecule has 114 valence electrons. The molecule has 2 rings (SSSR count). The van der Waals surface area contributed by atoms with Crippen LogP contribution in [0.3, 0.4) is 0 Å². The van der Waals surface area contributed by atoms with Crippen LogP contribution in [0.2, 0.25) is 0 Å². The molecule has 0 spiro atoms. The summed E-state index contributed by atoms with van der Waals surface area (Å²) < 4.78 is 0. The molecule has 1 N–H and O–H groups in total. The minimum absolute atomic E-state index is 0.0151. The molecule has 0 aliphatic heterocycles. The summed E-state index contributed by atoms with van der Waals surface area (Å²) in [5.74, 6) is 0.758. The van der Waals surface area contributed by atoms with E-state index < -0.39 is 0 Å². The first-order valence-electron chi connectivity index (χ1n) is 7.51. The Labute approximate surface area is 132 Å². The van der Waals surface area contributed by atoms with Gasteiger partial charge in [0.2, 0.25) is 0 Å². The zero-order valence-electron chi connectivity index (χ0n) is 13.6. The van der Waals surface area contributed by atoms with Gasteiger partial charge in [0.1, 0.15) is 5.75 Å². The van der Waals surface area contributed by atoms with Gasteiger partial charge in [0.25, 0.3) is 0 Å². The Morgan fingerprint density at radius 2 is 1.59 bits per heavy atom. The highest BCUT2D eigenvalue weighted by molar-refractivity contribution is 6.06. The summed E-state index contributed by atoms with van der Waals surface area (Å²) in [5, 5.41) is 9.77. The molecule has 22 heavy (non-hydrogen) atoms. The van der Waals surface area contributed by atoms with Gasteiger partial charge in [-0.3, -0.25) is 4.79 Å². The minimum atomic E-state index is -0.0151. The van der Waals surface area contributed by atoms with Crippen LogP contribution in [0, 0.1) is 13.8 Å². The number of allylic oxidation sites excluding steroid dienone is 1. The van der Waals surface area contributed by atoms with Gasteiger partial charge in [-0.15, -0.1) is 0 Å². The maximum absolute atomic E-state index is 12.2. The van der Waals surface area contributed by atoms with E-state index >= 15 is 0 Å². The molecule has 0 heterocycles. The fourth-order valence-electron chi connectivity index (χ4n) is 2.39. The number of ketones is 1. The number of aryl methyl sites for hydroxylation is 2. The van der Waals surface area contributed by atoms with Crippen molar-refractivity contribution >= 4 is 11.9 Å². The van der Waals surface area contributed by atoms with Gasteiger partial charge in [0, 0.05) is 5.56 Å².